The van der Waals surface area contributed by atoms with Crippen LogP contribution in [0, 0.1) is 0 Å². The molecule has 0 saturated heterocycles. The zero-order valence-electron chi connectivity index (χ0n) is 7.18. The molecule has 1 amide bonds. The molecule has 0 aliphatic heterocycles. The van der Waals surface area contributed by atoms with Crippen LogP contribution in [0.25, 0.3) is 11.4 Å². The molecule has 2 aromatic rings. The van der Waals surface area contributed by atoms with E-state index in [0.717, 1.165) is 17.1 Å². The van der Waals surface area contributed by atoms with Gasteiger partial charge in [-0.2, -0.15) is 4.37 Å². The van der Waals surface area contributed by atoms with Crippen LogP contribution in [-0.4, -0.2) is 15.3 Å². The van der Waals surface area contributed by atoms with Gasteiger partial charge in [0.1, 0.15) is 0 Å². The van der Waals surface area contributed by atoms with Crippen LogP contribution in [0.15, 0.2) is 30.3 Å². The minimum absolute atomic E-state index is 0.240. The highest BCUT2D eigenvalue weighted by atomic mass is 32.1. The lowest BCUT2D eigenvalue weighted by atomic mass is 10.2. The number of aromatic nitrogens is 2. The number of hydrogen-bond donors (Lipinski definition) is 1. The molecule has 0 bridgehead atoms. The summed E-state index contributed by atoms with van der Waals surface area (Å²) in [6.45, 7) is 0. The maximum Gasteiger partial charge on any atom is 0.279 e. The summed E-state index contributed by atoms with van der Waals surface area (Å²) < 4.78 is 4.04. The Morgan fingerprint density at radius 2 is 2.00 bits per heavy atom. The minimum atomic E-state index is -0.537. The molecule has 14 heavy (non-hydrogen) atoms. The third kappa shape index (κ3) is 1.62. The highest BCUT2D eigenvalue weighted by Gasteiger charge is 2.09. The molecular formula is C9H7N3OS. The smallest absolute Gasteiger partial charge is 0.279 e. The van der Waals surface area contributed by atoms with Gasteiger partial charge >= 0.3 is 0 Å². The number of rotatable bonds is 2. The predicted octanol–water partition coefficient (Wildman–Crippen LogP) is 1.30. The predicted molar refractivity (Wildman–Crippen MR) is 53.9 cm³/mol. The van der Waals surface area contributed by atoms with E-state index in [1.165, 1.54) is 0 Å². The van der Waals surface area contributed by atoms with Crippen LogP contribution < -0.4 is 5.73 Å². The Bertz CT molecular complexity index is 452. The maximum absolute atomic E-state index is 10.8. The van der Waals surface area contributed by atoms with Crippen molar-refractivity contribution in [2.24, 2.45) is 5.73 Å². The fraction of sp³-hybridized carbons (Fsp3) is 0. The van der Waals surface area contributed by atoms with Gasteiger partial charge in [0.2, 0.25) is 5.01 Å². The van der Waals surface area contributed by atoms with E-state index in [9.17, 15) is 4.79 Å². The van der Waals surface area contributed by atoms with Gasteiger partial charge in [0, 0.05) is 5.56 Å². The topological polar surface area (TPSA) is 68.9 Å². The summed E-state index contributed by atoms with van der Waals surface area (Å²) in [5.74, 6) is 0.00841. The van der Waals surface area contributed by atoms with Gasteiger partial charge in [0.25, 0.3) is 5.91 Å². The van der Waals surface area contributed by atoms with Crippen molar-refractivity contribution in [2.75, 3.05) is 0 Å². The molecule has 0 atom stereocenters. The molecule has 0 aliphatic rings. The molecule has 0 aliphatic carbocycles. The SMILES string of the molecule is NC(=O)c1nc(-c2ccccc2)ns1. The number of amides is 1. The van der Waals surface area contributed by atoms with E-state index in [4.69, 9.17) is 5.73 Å². The third-order valence-electron chi connectivity index (χ3n) is 1.67. The van der Waals surface area contributed by atoms with Crippen LogP contribution in [0.5, 0.6) is 0 Å². The van der Waals surface area contributed by atoms with Crippen molar-refractivity contribution >= 4 is 17.4 Å². The van der Waals surface area contributed by atoms with E-state index in [2.05, 4.69) is 9.36 Å². The molecule has 2 N–H and O–H groups in total. The van der Waals surface area contributed by atoms with Gasteiger partial charge in [0.05, 0.1) is 0 Å². The second-order valence-electron chi connectivity index (χ2n) is 2.65. The number of benzene rings is 1. The van der Waals surface area contributed by atoms with E-state index >= 15 is 0 Å². The number of primary amides is 1. The lowest BCUT2D eigenvalue weighted by molar-refractivity contribution is 0.1000. The van der Waals surface area contributed by atoms with Gasteiger partial charge in [0.15, 0.2) is 5.82 Å². The number of nitrogens with two attached hydrogens (primary N) is 1. The quantitative estimate of drug-likeness (QED) is 0.803. The highest BCUT2D eigenvalue weighted by Crippen LogP contribution is 2.16. The van der Waals surface area contributed by atoms with E-state index < -0.39 is 5.91 Å². The third-order valence-corrected chi connectivity index (χ3v) is 2.40. The van der Waals surface area contributed by atoms with Crippen LogP contribution in [0.3, 0.4) is 0 Å². The van der Waals surface area contributed by atoms with Crippen molar-refractivity contribution in [1.82, 2.24) is 9.36 Å². The van der Waals surface area contributed by atoms with Crippen LogP contribution >= 0.6 is 11.5 Å². The van der Waals surface area contributed by atoms with Crippen LogP contribution in [-0.2, 0) is 0 Å². The molecule has 4 nitrogen and oxygen atoms in total. The van der Waals surface area contributed by atoms with Crippen LogP contribution in [0.1, 0.15) is 9.80 Å². The Kier molecular flexibility index (Phi) is 2.24. The normalized spacial score (nSPS) is 10.0. The molecule has 5 heteroatoms. The first-order valence-electron chi connectivity index (χ1n) is 3.96. The summed E-state index contributed by atoms with van der Waals surface area (Å²) in [4.78, 5) is 14.8. The first-order chi connectivity index (χ1) is 6.77. The summed E-state index contributed by atoms with van der Waals surface area (Å²) in [7, 11) is 0. The second-order valence-corrected chi connectivity index (χ2v) is 3.41. The number of carbonyl (C=O) groups excluding carboxylic acids is 1. The molecule has 2 rings (SSSR count). The van der Waals surface area contributed by atoms with Crippen molar-refractivity contribution < 1.29 is 4.79 Å². The monoisotopic (exact) mass is 205 g/mol. The van der Waals surface area contributed by atoms with Gasteiger partial charge < -0.3 is 5.73 Å². The molecule has 1 aromatic carbocycles. The van der Waals surface area contributed by atoms with Crippen LogP contribution in [0.4, 0.5) is 0 Å². The van der Waals surface area contributed by atoms with Gasteiger partial charge in [-0.15, -0.1) is 0 Å². The fourth-order valence-electron chi connectivity index (χ4n) is 1.03. The van der Waals surface area contributed by atoms with Crippen molar-refractivity contribution in [3.63, 3.8) is 0 Å². The van der Waals surface area contributed by atoms with E-state index in [1.54, 1.807) is 0 Å². The van der Waals surface area contributed by atoms with Gasteiger partial charge in [-0.25, -0.2) is 4.98 Å². The van der Waals surface area contributed by atoms with Crippen LogP contribution in [0.2, 0.25) is 0 Å². The summed E-state index contributed by atoms with van der Waals surface area (Å²) in [5.41, 5.74) is 5.96. The Labute approximate surface area is 84.6 Å². The Hall–Kier alpha value is -1.75. The van der Waals surface area contributed by atoms with Gasteiger partial charge in [-0.05, 0) is 11.5 Å². The molecule has 0 saturated carbocycles. The Balaban J connectivity index is 2.39. The molecular weight excluding hydrogens is 198 g/mol. The first-order valence-corrected chi connectivity index (χ1v) is 4.73. The van der Waals surface area contributed by atoms with Crippen molar-refractivity contribution in [3.8, 4) is 11.4 Å². The summed E-state index contributed by atoms with van der Waals surface area (Å²) >= 11 is 1.02. The van der Waals surface area contributed by atoms with Gasteiger partial charge in [-0.1, -0.05) is 30.3 Å². The molecule has 0 radical (unpaired) electrons. The molecule has 0 fully saturated rings. The number of hydrogen-bond acceptors (Lipinski definition) is 4. The largest absolute Gasteiger partial charge is 0.363 e. The Morgan fingerprint density at radius 1 is 1.29 bits per heavy atom. The number of nitrogens with zero attached hydrogens (tertiary/aromatic N) is 2. The maximum atomic E-state index is 10.8. The summed E-state index contributed by atoms with van der Waals surface area (Å²) in [5, 5.41) is 0.240. The molecule has 0 spiro atoms. The summed E-state index contributed by atoms with van der Waals surface area (Å²) in [6.07, 6.45) is 0. The van der Waals surface area contributed by atoms with Crippen molar-refractivity contribution in [3.05, 3.63) is 35.3 Å². The molecule has 0 unspecified atom stereocenters. The fourth-order valence-corrected chi connectivity index (χ4v) is 1.56. The van der Waals surface area contributed by atoms with E-state index in [0.29, 0.717) is 5.82 Å². The lowest BCUT2D eigenvalue weighted by Crippen LogP contribution is -2.10. The molecule has 1 heterocycles. The summed E-state index contributed by atoms with van der Waals surface area (Å²) in [6, 6.07) is 9.45. The minimum Gasteiger partial charge on any atom is -0.363 e. The average molecular weight is 205 g/mol. The standard InChI is InChI=1S/C9H7N3OS/c10-7(13)9-11-8(12-14-9)6-4-2-1-3-5-6/h1-5H,(H2,10,13). The van der Waals surface area contributed by atoms with E-state index in [1.807, 2.05) is 30.3 Å². The molecule has 1 aromatic heterocycles. The van der Waals surface area contributed by atoms with Crippen molar-refractivity contribution in [1.29, 1.82) is 0 Å². The first kappa shape index (κ1) is 8.83. The van der Waals surface area contributed by atoms with Gasteiger partial charge in [-0.3, -0.25) is 4.79 Å². The van der Waals surface area contributed by atoms with Crippen molar-refractivity contribution in [2.45, 2.75) is 0 Å². The highest BCUT2D eigenvalue weighted by molar-refractivity contribution is 7.07. The zero-order chi connectivity index (χ0) is 9.97. The second kappa shape index (κ2) is 3.55. The zero-order valence-corrected chi connectivity index (χ0v) is 7.99. The lowest BCUT2D eigenvalue weighted by Gasteiger charge is -1.91. The Morgan fingerprint density at radius 3 is 2.57 bits per heavy atom. The average Bonchev–Trinajstić information content (AvgIpc) is 2.68. The van der Waals surface area contributed by atoms with E-state index in [-0.39, 0.29) is 5.01 Å². The number of carbonyl (C=O) groups is 1. The molecule has 70 valence electrons.